The average Bonchev–Trinajstić information content (AvgIpc) is 2.52. The van der Waals surface area contributed by atoms with E-state index in [9.17, 15) is 24.6 Å². The molecule has 2 rings (SSSR count). The van der Waals surface area contributed by atoms with Crippen LogP contribution in [0.3, 0.4) is 0 Å². The van der Waals surface area contributed by atoms with Crippen LogP contribution in [0.2, 0.25) is 0 Å². The van der Waals surface area contributed by atoms with E-state index in [-0.39, 0.29) is 28.7 Å². The number of rotatable bonds is 5. The number of ketones is 1. The molecule has 0 saturated carbocycles. The molecule has 0 bridgehead atoms. The normalized spacial score (nSPS) is 10.1. The van der Waals surface area contributed by atoms with Gasteiger partial charge in [-0.15, -0.1) is 0 Å². The standard InChI is InChI=1S/C16H12O7/c1-23-12-4-2-3-10(18)14(12)15(20)13-9(7-17)5-8(16(21)22)6-11(13)19/h2-7,18-19H,1H3,(H,21,22). The number of hydrogen-bond acceptors (Lipinski definition) is 6. The Labute approximate surface area is 130 Å². The van der Waals surface area contributed by atoms with Gasteiger partial charge in [-0.3, -0.25) is 9.59 Å². The van der Waals surface area contributed by atoms with Gasteiger partial charge in [0.05, 0.1) is 18.2 Å². The van der Waals surface area contributed by atoms with Crippen molar-refractivity contribution in [2.75, 3.05) is 7.11 Å². The first-order chi connectivity index (χ1) is 10.9. The van der Waals surface area contributed by atoms with E-state index in [1.807, 2.05) is 0 Å². The number of aromatic hydroxyl groups is 2. The smallest absolute Gasteiger partial charge is 0.335 e. The van der Waals surface area contributed by atoms with Crippen molar-refractivity contribution in [1.82, 2.24) is 0 Å². The second-order valence-electron chi connectivity index (χ2n) is 4.57. The predicted octanol–water partition coefficient (Wildman–Crippen LogP) is 1.85. The van der Waals surface area contributed by atoms with Crippen LogP contribution in [0.5, 0.6) is 17.2 Å². The number of hydrogen-bond donors (Lipinski definition) is 3. The third-order valence-corrected chi connectivity index (χ3v) is 3.20. The molecule has 0 atom stereocenters. The Bertz CT molecular complexity index is 808. The first kappa shape index (κ1) is 16.0. The first-order valence-corrected chi connectivity index (χ1v) is 6.36. The Hall–Kier alpha value is -3.35. The van der Waals surface area contributed by atoms with Crippen molar-refractivity contribution in [3.8, 4) is 17.2 Å². The number of carbonyl (C=O) groups is 3. The van der Waals surface area contributed by atoms with E-state index in [1.54, 1.807) is 0 Å². The van der Waals surface area contributed by atoms with Crippen LogP contribution < -0.4 is 4.74 Å². The van der Waals surface area contributed by atoms with Gasteiger partial charge in [0.1, 0.15) is 22.8 Å². The highest BCUT2D eigenvalue weighted by Crippen LogP contribution is 2.33. The third-order valence-electron chi connectivity index (χ3n) is 3.20. The van der Waals surface area contributed by atoms with Crippen LogP contribution in [-0.4, -0.2) is 40.5 Å². The van der Waals surface area contributed by atoms with Gasteiger partial charge in [-0.25, -0.2) is 4.79 Å². The van der Waals surface area contributed by atoms with E-state index >= 15 is 0 Å². The molecule has 0 heterocycles. The molecule has 0 radical (unpaired) electrons. The Morgan fingerprint density at radius 3 is 2.35 bits per heavy atom. The summed E-state index contributed by atoms with van der Waals surface area (Å²) in [5, 5.41) is 28.8. The van der Waals surface area contributed by atoms with Crippen LogP contribution in [-0.2, 0) is 0 Å². The molecule has 2 aromatic carbocycles. The second-order valence-corrected chi connectivity index (χ2v) is 4.57. The minimum Gasteiger partial charge on any atom is -0.507 e. The Balaban J connectivity index is 2.70. The fraction of sp³-hybridized carbons (Fsp3) is 0.0625. The molecule has 0 amide bonds. The van der Waals surface area contributed by atoms with E-state index in [4.69, 9.17) is 9.84 Å². The maximum atomic E-state index is 12.6. The molecule has 3 N–H and O–H groups in total. The van der Waals surface area contributed by atoms with E-state index in [0.717, 1.165) is 12.1 Å². The zero-order valence-corrected chi connectivity index (χ0v) is 11.9. The largest absolute Gasteiger partial charge is 0.507 e. The van der Waals surface area contributed by atoms with Crippen molar-refractivity contribution in [3.05, 3.63) is 52.6 Å². The monoisotopic (exact) mass is 316 g/mol. The highest BCUT2D eigenvalue weighted by Gasteiger charge is 2.25. The van der Waals surface area contributed by atoms with Gasteiger partial charge in [0.15, 0.2) is 6.29 Å². The van der Waals surface area contributed by atoms with E-state index in [2.05, 4.69) is 0 Å². The van der Waals surface area contributed by atoms with Crippen molar-refractivity contribution in [3.63, 3.8) is 0 Å². The van der Waals surface area contributed by atoms with Crippen LogP contribution in [0.1, 0.15) is 36.6 Å². The fourth-order valence-corrected chi connectivity index (χ4v) is 2.16. The summed E-state index contributed by atoms with van der Waals surface area (Å²) < 4.78 is 5.00. The lowest BCUT2D eigenvalue weighted by Gasteiger charge is -2.12. The minimum atomic E-state index is -1.36. The molecule has 0 aliphatic carbocycles. The molecule has 7 heteroatoms. The summed E-state index contributed by atoms with van der Waals surface area (Å²) in [6, 6.07) is 5.96. The minimum absolute atomic E-state index is 0.0496. The molecule has 0 saturated heterocycles. The molecule has 0 aromatic heterocycles. The quantitative estimate of drug-likeness (QED) is 0.568. The summed E-state index contributed by atoms with van der Waals surface area (Å²) >= 11 is 0. The highest BCUT2D eigenvalue weighted by atomic mass is 16.5. The van der Waals surface area contributed by atoms with Gasteiger partial charge in [0.25, 0.3) is 0 Å². The average molecular weight is 316 g/mol. The maximum Gasteiger partial charge on any atom is 0.335 e. The van der Waals surface area contributed by atoms with Crippen molar-refractivity contribution in [2.45, 2.75) is 0 Å². The Kier molecular flexibility index (Phi) is 4.31. The molecular weight excluding hydrogens is 304 g/mol. The van der Waals surface area contributed by atoms with Crippen LogP contribution in [0.4, 0.5) is 0 Å². The molecule has 118 valence electrons. The van der Waals surface area contributed by atoms with Crippen LogP contribution in [0, 0.1) is 0 Å². The SMILES string of the molecule is COc1cccc(O)c1C(=O)c1c(O)cc(C(=O)O)cc1C=O. The second kappa shape index (κ2) is 6.18. The summed E-state index contributed by atoms with van der Waals surface area (Å²) in [7, 11) is 1.29. The van der Waals surface area contributed by atoms with Crippen molar-refractivity contribution in [1.29, 1.82) is 0 Å². The summed E-state index contributed by atoms with van der Waals surface area (Å²) in [4.78, 5) is 34.8. The molecule has 0 aliphatic heterocycles. The molecule has 0 unspecified atom stereocenters. The number of phenolic OH excluding ortho intramolecular Hbond substituents is 2. The zero-order chi connectivity index (χ0) is 17.1. The molecule has 0 aliphatic rings. The van der Waals surface area contributed by atoms with E-state index in [1.165, 1.54) is 25.3 Å². The lowest BCUT2D eigenvalue weighted by Crippen LogP contribution is -2.10. The lowest BCUT2D eigenvalue weighted by atomic mass is 9.95. The van der Waals surface area contributed by atoms with E-state index in [0.29, 0.717) is 0 Å². The number of ether oxygens (including phenoxy) is 1. The van der Waals surface area contributed by atoms with Crippen molar-refractivity contribution in [2.24, 2.45) is 0 Å². The van der Waals surface area contributed by atoms with Crippen molar-refractivity contribution >= 4 is 18.0 Å². The van der Waals surface area contributed by atoms with Crippen LogP contribution in [0.15, 0.2) is 30.3 Å². The van der Waals surface area contributed by atoms with Gasteiger partial charge < -0.3 is 20.1 Å². The topological polar surface area (TPSA) is 121 Å². The van der Waals surface area contributed by atoms with Crippen LogP contribution in [0.25, 0.3) is 0 Å². The number of phenols is 2. The number of carboxylic acids is 1. The maximum absolute atomic E-state index is 12.6. The summed E-state index contributed by atoms with van der Waals surface area (Å²) in [6.45, 7) is 0. The van der Waals surface area contributed by atoms with E-state index < -0.39 is 28.8 Å². The number of methoxy groups -OCH3 is 1. The van der Waals surface area contributed by atoms with Gasteiger partial charge in [-0.1, -0.05) is 6.07 Å². The number of carboxylic acid groups (broad SMARTS) is 1. The number of benzene rings is 2. The summed E-state index contributed by atoms with van der Waals surface area (Å²) in [5.74, 6) is -3.25. The third kappa shape index (κ3) is 2.84. The number of aldehydes is 1. The molecule has 0 spiro atoms. The van der Waals surface area contributed by atoms with Gasteiger partial charge in [0, 0.05) is 5.56 Å². The van der Waals surface area contributed by atoms with Gasteiger partial charge in [-0.05, 0) is 24.3 Å². The molecule has 23 heavy (non-hydrogen) atoms. The van der Waals surface area contributed by atoms with Gasteiger partial charge in [-0.2, -0.15) is 0 Å². The zero-order valence-electron chi connectivity index (χ0n) is 11.9. The summed E-state index contributed by atoms with van der Waals surface area (Å²) in [5.41, 5.74) is -1.30. The fourth-order valence-electron chi connectivity index (χ4n) is 2.16. The predicted molar refractivity (Wildman–Crippen MR) is 78.5 cm³/mol. The van der Waals surface area contributed by atoms with Gasteiger partial charge >= 0.3 is 5.97 Å². The molecule has 0 fully saturated rings. The first-order valence-electron chi connectivity index (χ1n) is 6.36. The molecule has 2 aromatic rings. The summed E-state index contributed by atoms with van der Waals surface area (Å²) in [6.07, 6.45) is 0.256. The number of aromatic carboxylic acids is 1. The molecular formula is C16H12O7. The van der Waals surface area contributed by atoms with Gasteiger partial charge in [0.2, 0.25) is 5.78 Å². The highest BCUT2D eigenvalue weighted by molar-refractivity contribution is 6.17. The Morgan fingerprint density at radius 2 is 1.78 bits per heavy atom. The lowest BCUT2D eigenvalue weighted by molar-refractivity contribution is 0.0695. The Morgan fingerprint density at radius 1 is 1.09 bits per heavy atom. The number of carbonyl (C=O) groups excluding carboxylic acids is 2. The van der Waals surface area contributed by atoms with Crippen molar-refractivity contribution < 1.29 is 34.4 Å². The molecule has 7 nitrogen and oxygen atoms in total. The van der Waals surface area contributed by atoms with Crippen LogP contribution >= 0.6 is 0 Å².